The number of nitrogens with zero attached hydrogens (tertiary/aromatic N) is 2. The molecule has 0 radical (unpaired) electrons. The second-order valence-corrected chi connectivity index (χ2v) is 5.98. The first-order chi connectivity index (χ1) is 13.1. The van der Waals surface area contributed by atoms with Gasteiger partial charge < -0.3 is 23.9 Å². The summed E-state index contributed by atoms with van der Waals surface area (Å²) < 4.78 is 16.1. The minimum absolute atomic E-state index is 0.160. The van der Waals surface area contributed by atoms with Crippen LogP contribution in [0.1, 0.15) is 12.0 Å². The first kappa shape index (κ1) is 18.6. The summed E-state index contributed by atoms with van der Waals surface area (Å²) in [6.07, 6.45) is -0.321. The SMILES string of the molecule is COc1cc(C2=NO[C@H](C(=O)N(C)c3ccccc3)C2)cc(OC)c1OC. The van der Waals surface area contributed by atoms with Crippen LogP contribution in [0, 0.1) is 0 Å². The van der Waals surface area contributed by atoms with Crippen molar-refractivity contribution < 1.29 is 23.8 Å². The van der Waals surface area contributed by atoms with Gasteiger partial charge in [0, 0.05) is 24.7 Å². The molecule has 7 nitrogen and oxygen atoms in total. The van der Waals surface area contributed by atoms with Gasteiger partial charge in [-0.1, -0.05) is 23.4 Å². The van der Waals surface area contributed by atoms with Crippen molar-refractivity contribution in [2.24, 2.45) is 5.16 Å². The molecular weight excluding hydrogens is 348 g/mol. The summed E-state index contributed by atoms with van der Waals surface area (Å²) in [5.74, 6) is 1.38. The van der Waals surface area contributed by atoms with Crippen LogP contribution in [0.15, 0.2) is 47.6 Å². The van der Waals surface area contributed by atoms with Gasteiger partial charge in [0.15, 0.2) is 11.5 Å². The third kappa shape index (κ3) is 3.67. The number of benzene rings is 2. The Balaban J connectivity index is 1.78. The van der Waals surface area contributed by atoms with E-state index in [4.69, 9.17) is 19.0 Å². The number of methoxy groups -OCH3 is 3. The predicted molar refractivity (Wildman–Crippen MR) is 102 cm³/mol. The van der Waals surface area contributed by atoms with E-state index in [9.17, 15) is 4.79 Å². The molecule has 3 rings (SSSR count). The molecule has 0 unspecified atom stereocenters. The number of hydrogen-bond donors (Lipinski definition) is 0. The van der Waals surface area contributed by atoms with Crippen LogP contribution in [0.4, 0.5) is 5.69 Å². The first-order valence-electron chi connectivity index (χ1n) is 8.44. The van der Waals surface area contributed by atoms with Gasteiger partial charge >= 0.3 is 0 Å². The number of amides is 1. The molecule has 142 valence electrons. The van der Waals surface area contributed by atoms with Gasteiger partial charge in [0.1, 0.15) is 0 Å². The average Bonchev–Trinajstić information content (AvgIpc) is 3.22. The van der Waals surface area contributed by atoms with Gasteiger partial charge in [0.25, 0.3) is 5.91 Å². The Bertz CT molecular complexity index is 826. The molecule has 0 saturated carbocycles. The molecule has 7 heteroatoms. The van der Waals surface area contributed by atoms with Crippen molar-refractivity contribution in [3.05, 3.63) is 48.0 Å². The third-order valence-corrected chi connectivity index (χ3v) is 4.42. The van der Waals surface area contributed by atoms with Crippen molar-refractivity contribution in [1.29, 1.82) is 0 Å². The molecule has 1 atom stereocenters. The van der Waals surface area contributed by atoms with E-state index in [0.29, 0.717) is 29.4 Å². The highest BCUT2D eigenvalue weighted by Crippen LogP contribution is 2.39. The van der Waals surface area contributed by atoms with E-state index in [-0.39, 0.29) is 5.91 Å². The van der Waals surface area contributed by atoms with Gasteiger partial charge in [-0.15, -0.1) is 0 Å². The molecule has 0 bridgehead atoms. The number of carbonyl (C=O) groups is 1. The molecule has 2 aromatic carbocycles. The zero-order valence-electron chi connectivity index (χ0n) is 15.8. The van der Waals surface area contributed by atoms with E-state index in [1.807, 2.05) is 30.3 Å². The topological polar surface area (TPSA) is 69.6 Å². The number of para-hydroxylation sites is 1. The number of rotatable bonds is 6. The lowest BCUT2D eigenvalue weighted by atomic mass is 10.0. The lowest BCUT2D eigenvalue weighted by Crippen LogP contribution is -2.36. The molecule has 0 fully saturated rings. The van der Waals surface area contributed by atoms with Crippen molar-refractivity contribution in [2.75, 3.05) is 33.3 Å². The summed E-state index contributed by atoms with van der Waals surface area (Å²) in [6.45, 7) is 0. The predicted octanol–water partition coefficient (Wildman–Crippen LogP) is 2.87. The van der Waals surface area contributed by atoms with Crippen LogP contribution in [0.2, 0.25) is 0 Å². The van der Waals surface area contributed by atoms with E-state index < -0.39 is 6.10 Å². The fraction of sp³-hybridized carbons (Fsp3) is 0.300. The monoisotopic (exact) mass is 370 g/mol. The van der Waals surface area contributed by atoms with Gasteiger partial charge in [-0.25, -0.2) is 0 Å². The largest absolute Gasteiger partial charge is 0.493 e. The maximum atomic E-state index is 12.7. The van der Waals surface area contributed by atoms with E-state index in [0.717, 1.165) is 11.3 Å². The molecule has 1 aliphatic rings. The smallest absolute Gasteiger partial charge is 0.271 e. The zero-order chi connectivity index (χ0) is 19.4. The lowest BCUT2D eigenvalue weighted by Gasteiger charge is -2.19. The Morgan fingerprint density at radius 1 is 1.07 bits per heavy atom. The fourth-order valence-electron chi connectivity index (χ4n) is 2.92. The fourth-order valence-corrected chi connectivity index (χ4v) is 2.92. The van der Waals surface area contributed by atoms with Crippen LogP contribution in [0.5, 0.6) is 17.2 Å². The van der Waals surface area contributed by atoms with Crippen LogP contribution in [-0.2, 0) is 9.63 Å². The molecule has 0 N–H and O–H groups in total. The van der Waals surface area contributed by atoms with E-state index >= 15 is 0 Å². The Morgan fingerprint density at radius 3 is 2.26 bits per heavy atom. The third-order valence-electron chi connectivity index (χ3n) is 4.42. The highest BCUT2D eigenvalue weighted by atomic mass is 16.6. The van der Waals surface area contributed by atoms with Gasteiger partial charge in [-0.05, 0) is 24.3 Å². The molecule has 0 aromatic heterocycles. The number of ether oxygens (including phenoxy) is 3. The molecule has 1 amide bonds. The van der Waals surface area contributed by atoms with Crippen LogP contribution in [-0.4, -0.2) is 46.1 Å². The standard InChI is InChI=1S/C20H22N2O5/c1-22(14-8-6-5-7-9-14)20(23)18-12-15(21-27-18)13-10-16(24-2)19(26-4)17(11-13)25-3/h5-11,18H,12H2,1-4H3/t18-/m0/s1. The van der Waals surface area contributed by atoms with Gasteiger partial charge in [0.05, 0.1) is 27.0 Å². The highest BCUT2D eigenvalue weighted by Gasteiger charge is 2.32. The summed E-state index contributed by atoms with van der Waals surface area (Å²) in [6, 6.07) is 13.0. The molecular formula is C20H22N2O5. The summed E-state index contributed by atoms with van der Waals surface area (Å²) in [5, 5.41) is 4.11. The normalized spacial score (nSPS) is 15.6. The first-order valence-corrected chi connectivity index (χ1v) is 8.44. The van der Waals surface area contributed by atoms with Crippen molar-refractivity contribution in [3.63, 3.8) is 0 Å². The number of hydrogen-bond acceptors (Lipinski definition) is 6. The molecule has 0 aliphatic carbocycles. The maximum Gasteiger partial charge on any atom is 0.271 e. The zero-order valence-corrected chi connectivity index (χ0v) is 15.8. The van der Waals surface area contributed by atoms with E-state index in [1.165, 1.54) is 0 Å². The molecule has 2 aromatic rings. The minimum Gasteiger partial charge on any atom is -0.493 e. The average molecular weight is 370 g/mol. The molecule has 1 aliphatic heterocycles. The molecule has 1 heterocycles. The Labute approximate surface area is 158 Å². The summed E-state index contributed by atoms with van der Waals surface area (Å²) in [5.41, 5.74) is 2.20. The lowest BCUT2D eigenvalue weighted by molar-refractivity contribution is -0.128. The highest BCUT2D eigenvalue weighted by molar-refractivity contribution is 6.07. The van der Waals surface area contributed by atoms with E-state index in [1.54, 1.807) is 45.4 Å². The van der Waals surface area contributed by atoms with Gasteiger partial charge in [0.2, 0.25) is 11.9 Å². The number of carbonyl (C=O) groups excluding carboxylic acids is 1. The second-order valence-electron chi connectivity index (χ2n) is 5.98. The van der Waals surface area contributed by atoms with Crippen molar-refractivity contribution in [1.82, 2.24) is 0 Å². The Kier molecular flexibility index (Phi) is 5.49. The Morgan fingerprint density at radius 2 is 1.70 bits per heavy atom. The van der Waals surface area contributed by atoms with Gasteiger partial charge in [-0.3, -0.25) is 4.79 Å². The van der Waals surface area contributed by atoms with E-state index in [2.05, 4.69) is 5.16 Å². The maximum absolute atomic E-state index is 12.7. The quantitative estimate of drug-likeness (QED) is 0.782. The summed E-state index contributed by atoms with van der Waals surface area (Å²) in [4.78, 5) is 19.7. The second kappa shape index (κ2) is 7.99. The van der Waals surface area contributed by atoms with Crippen molar-refractivity contribution in [3.8, 4) is 17.2 Å². The molecule has 0 spiro atoms. The van der Waals surface area contributed by atoms with Crippen molar-refractivity contribution in [2.45, 2.75) is 12.5 Å². The van der Waals surface area contributed by atoms with Crippen LogP contribution >= 0.6 is 0 Å². The Hall–Kier alpha value is -3.22. The van der Waals surface area contributed by atoms with Crippen LogP contribution in [0.3, 0.4) is 0 Å². The van der Waals surface area contributed by atoms with Crippen molar-refractivity contribution >= 4 is 17.3 Å². The molecule has 0 saturated heterocycles. The minimum atomic E-state index is -0.677. The number of likely N-dealkylation sites (N-methyl/N-ethyl adjacent to an activating group) is 1. The number of oxime groups is 1. The van der Waals surface area contributed by atoms with Crippen LogP contribution < -0.4 is 19.1 Å². The number of anilines is 1. The summed E-state index contributed by atoms with van der Waals surface area (Å²) in [7, 11) is 6.37. The molecule has 27 heavy (non-hydrogen) atoms. The van der Waals surface area contributed by atoms with Crippen LogP contribution in [0.25, 0.3) is 0 Å². The summed E-state index contributed by atoms with van der Waals surface area (Å²) >= 11 is 0. The van der Waals surface area contributed by atoms with Gasteiger partial charge in [-0.2, -0.15) is 0 Å².